The topological polar surface area (TPSA) is 108 Å². The van der Waals surface area contributed by atoms with Gasteiger partial charge in [-0.3, -0.25) is 9.52 Å². The highest BCUT2D eigenvalue weighted by Gasteiger charge is 2.27. The van der Waals surface area contributed by atoms with Gasteiger partial charge in [-0.05, 0) is 90.1 Å². The number of halogens is 2. The van der Waals surface area contributed by atoms with Crippen molar-refractivity contribution in [2.24, 2.45) is 5.41 Å². The fourth-order valence-electron chi connectivity index (χ4n) is 5.64. The smallest absolute Gasteiger partial charge is 0.251 e. The highest BCUT2D eigenvalue weighted by molar-refractivity contribution is 7.92. The summed E-state index contributed by atoms with van der Waals surface area (Å²) in [6, 6.07) is 14.8. The third-order valence-electron chi connectivity index (χ3n) is 7.42. The Hall–Kier alpha value is -3.34. The molecule has 0 fully saturated rings. The number of rotatable bonds is 11. The first-order chi connectivity index (χ1) is 20.1. The quantitative estimate of drug-likeness (QED) is 0.235. The maximum atomic E-state index is 14.0. The molecular weight excluding hydrogens is 572 g/mol. The number of aliphatic hydroxyl groups is 1. The lowest BCUT2D eigenvalue weighted by molar-refractivity contribution is 0.0823. The molecule has 0 saturated heterocycles. The molecule has 43 heavy (non-hydrogen) atoms. The van der Waals surface area contributed by atoms with Crippen LogP contribution in [0.5, 0.6) is 0 Å². The van der Waals surface area contributed by atoms with Gasteiger partial charge in [0.25, 0.3) is 5.91 Å². The lowest BCUT2D eigenvalue weighted by Gasteiger charge is -2.31. The minimum absolute atomic E-state index is 0.0139. The van der Waals surface area contributed by atoms with E-state index in [4.69, 9.17) is 0 Å². The van der Waals surface area contributed by atoms with Crippen LogP contribution in [0.3, 0.4) is 0 Å². The van der Waals surface area contributed by atoms with E-state index in [1.807, 2.05) is 0 Å². The number of amides is 1. The van der Waals surface area contributed by atoms with Gasteiger partial charge < -0.3 is 15.7 Å². The van der Waals surface area contributed by atoms with Crippen LogP contribution in [0.15, 0.2) is 60.7 Å². The van der Waals surface area contributed by atoms with Crippen LogP contribution < -0.4 is 15.4 Å². The SMILES string of the molecule is CC(C)(C)Cc1ccc2c(c1)[C@@H](NC[C@@H](O)[C@H](Cc1cc(F)cc(F)c1)NC(=O)c1cccc(NS(C)(=O)=O)c1)CCC2. The number of sulfonamides is 1. The van der Waals surface area contributed by atoms with Gasteiger partial charge >= 0.3 is 0 Å². The maximum Gasteiger partial charge on any atom is 0.251 e. The van der Waals surface area contributed by atoms with Crippen molar-refractivity contribution in [3.63, 3.8) is 0 Å². The molecule has 0 bridgehead atoms. The Balaban J connectivity index is 1.53. The van der Waals surface area contributed by atoms with Crippen molar-refractivity contribution in [1.29, 1.82) is 0 Å². The number of aryl methyl sites for hydroxylation is 1. The van der Waals surface area contributed by atoms with Gasteiger partial charge in [0.2, 0.25) is 10.0 Å². The van der Waals surface area contributed by atoms with E-state index in [-0.39, 0.29) is 41.2 Å². The molecule has 7 nitrogen and oxygen atoms in total. The highest BCUT2D eigenvalue weighted by Crippen LogP contribution is 2.32. The van der Waals surface area contributed by atoms with E-state index in [1.165, 1.54) is 53.1 Å². The van der Waals surface area contributed by atoms with Crippen molar-refractivity contribution >= 4 is 21.6 Å². The number of carbonyl (C=O) groups is 1. The average molecular weight is 614 g/mol. The van der Waals surface area contributed by atoms with Crippen molar-refractivity contribution in [3.8, 4) is 0 Å². The van der Waals surface area contributed by atoms with Gasteiger partial charge in [-0.1, -0.05) is 45.0 Å². The number of fused-ring (bicyclic) bond motifs is 1. The molecule has 0 heterocycles. The molecule has 1 aliphatic carbocycles. The largest absolute Gasteiger partial charge is 0.390 e. The Morgan fingerprint density at radius 1 is 1.02 bits per heavy atom. The number of benzene rings is 3. The predicted octanol–water partition coefficient (Wildman–Crippen LogP) is 5.29. The summed E-state index contributed by atoms with van der Waals surface area (Å²) in [7, 11) is -3.56. The summed E-state index contributed by atoms with van der Waals surface area (Å²) >= 11 is 0. The van der Waals surface area contributed by atoms with Crippen LogP contribution in [0, 0.1) is 17.0 Å². The minimum atomic E-state index is -3.56. The third-order valence-corrected chi connectivity index (χ3v) is 8.03. The zero-order valence-electron chi connectivity index (χ0n) is 25.1. The van der Waals surface area contributed by atoms with E-state index in [0.29, 0.717) is 0 Å². The summed E-state index contributed by atoms with van der Waals surface area (Å²) in [4.78, 5) is 13.3. The van der Waals surface area contributed by atoms with Crippen LogP contribution in [0.25, 0.3) is 0 Å². The van der Waals surface area contributed by atoms with Crippen molar-refractivity contribution in [2.75, 3.05) is 17.5 Å². The summed E-state index contributed by atoms with van der Waals surface area (Å²) in [5.41, 5.74) is 4.54. The molecule has 0 radical (unpaired) electrons. The molecule has 0 aromatic heterocycles. The van der Waals surface area contributed by atoms with Gasteiger partial charge in [0.1, 0.15) is 11.6 Å². The first-order valence-electron chi connectivity index (χ1n) is 14.5. The van der Waals surface area contributed by atoms with E-state index in [0.717, 1.165) is 38.0 Å². The van der Waals surface area contributed by atoms with Crippen molar-refractivity contribution in [3.05, 3.63) is 100 Å². The molecular formula is C33H41F2N3O4S. The number of aliphatic hydroxyl groups excluding tert-OH is 1. The van der Waals surface area contributed by atoms with Gasteiger partial charge in [-0.2, -0.15) is 0 Å². The van der Waals surface area contributed by atoms with Crippen LogP contribution in [-0.4, -0.2) is 44.4 Å². The first-order valence-corrected chi connectivity index (χ1v) is 16.4. The monoisotopic (exact) mass is 613 g/mol. The van der Waals surface area contributed by atoms with Crippen LogP contribution in [0.2, 0.25) is 0 Å². The molecule has 0 aliphatic heterocycles. The van der Waals surface area contributed by atoms with Crippen molar-refractivity contribution < 1.29 is 27.1 Å². The molecule has 0 unspecified atom stereocenters. The van der Waals surface area contributed by atoms with Crippen LogP contribution >= 0.6 is 0 Å². The van der Waals surface area contributed by atoms with E-state index in [2.05, 4.69) is 54.3 Å². The third kappa shape index (κ3) is 9.84. The molecule has 3 aromatic carbocycles. The molecule has 1 aliphatic rings. The second kappa shape index (κ2) is 13.5. The lowest BCUT2D eigenvalue weighted by atomic mass is 9.82. The van der Waals surface area contributed by atoms with Gasteiger partial charge in [-0.15, -0.1) is 0 Å². The fourth-order valence-corrected chi connectivity index (χ4v) is 6.20. The Kier molecular flexibility index (Phi) is 10.2. The average Bonchev–Trinajstić information content (AvgIpc) is 2.89. The molecule has 0 spiro atoms. The number of nitrogens with one attached hydrogen (secondary N) is 3. The van der Waals surface area contributed by atoms with Crippen molar-refractivity contribution in [1.82, 2.24) is 10.6 Å². The summed E-state index contributed by atoms with van der Waals surface area (Å²) < 4.78 is 53.6. The molecule has 4 N–H and O–H groups in total. The molecule has 4 rings (SSSR count). The van der Waals surface area contributed by atoms with Crippen molar-refractivity contribution in [2.45, 2.75) is 71.1 Å². The van der Waals surface area contributed by atoms with Crippen LogP contribution in [0.4, 0.5) is 14.5 Å². The highest BCUT2D eigenvalue weighted by atomic mass is 32.2. The molecule has 3 aromatic rings. The van der Waals surface area contributed by atoms with Gasteiger partial charge in [0.15, 0.2) is 0 Å². The number of anilines is 1. The molecule has 232 valence electrons. The van der Waals surface area contributed by atoms with E-state index in [1.54, 1.807) is 0 Å². The number of carbonyl (C=O) groups excluding carboxylic acids is 1. The Morgan fingerprint density at radius 2 is 1.74 bits per heavy atom. The summed E-state index contributed by atoms with van der Waals surface area (Å²) in [5, 5.41) is 17.6. The first kappa shape index (κ1) is 32.6. The molecule has 1 amide bonds. The second-order valence-electron chi connectivity index (χ2n) is 12.7. The number of hydrogen-bond donors (Lipinski definition) is 4. The summed E-state index contributed by atoms with van der Waals surface area (Å²) in [5.74, 6) is -2.07. The summed E-state index contributed by atoms with van der Waals surface area (Å²) in [6.07, 6.45) is 3.70. The number of hydrogen-bond acceptors (Lipinski definition) is 5. The van der Waals surface area contributed by atoms with E-state index >= 15 is 0 Å². The molecule has 0 saturated carbocycles. The van der Waals surface area contributed by atoms with E-state index in [9.17, 15) is 27.1 Å². The zero-order chi connectivity index (χ0) is 31.4. The van der Waals surface area contributed by atoms with Gasteiger partial charge in [-0.25, -0.2) is 17.2 Å². The predicted molar refractivity (Wildman–Crippen MR) is 166 cm³/mol. The second-order valence-corrected chi connectivity index (χ2v) is 14.5. The lowest BCUT2D eigenvalue weighted by Crippen LogP contribution is -2.49. The van der Waals surface area contributed by atoms with Crippen LogP contribution in [0.1, 0.15) is 72.3 Å². The zero-order valence-corrected chi connectivity index (χ0v) is 25.9. The van der Waals surface area contributed by atoms with Crippen LogP contribution in [-0.2, 0) is 29.3 Å². The minimum Gasteiger partial charge on any atom is -0.390 e. The summed E-state index contributed by atoms with van der Waals surface area (Å²) in [6.45, 7) is 6.74. The molecule has 3 atom stereocenters. The maximum absolute atomic E-state index is 14.0. The normalized spacial score (nSPS) is 16.7. The van der Waals surface area contributed by atoms with Gasteiger partial charge in [0, 0.05) is 29.9 Å². The molecule has 10 heteroatoms. The fraction of sp³-hybridized carbons (Fsp3) is 0.424. The van der Waals surface area contributed by atoms with E-state index < -0.39 is 39.7 Å². The standard InChI is InChI=1S/C33H41F2N3O4S/c1-33(2,3)19-21-11-12-23-7-6-10-29(28(23)15-21)36-20-31(39)30(16-22-13-25(34)18-26(35)14-22)37-32(40)24-8-5-9-27(17-24)38-43(4,41)42/h5,8-9,11-15,17-18,29-31,36,38-39H,6-7,10,16,19-20H2,1-4H3,(H,37,40)/t29-,30-,31+/m0/s1. The van der Waals surface area contributed by atoms with Gasteiger partial charge in [0.05, 0.1) is 18.4 Å². The Labute approximate surface area is 253 Å². The Morgan fingerprint density at radius 3 is 2.42 bits per heavy atom. The Bertz CT molecular complexity index is 1540.